The van der Waals surface area contributed by atoms with Crippen LogP contribution in [0.1, 0.15) is 20.8 Å². The Morgan fingerprint density at radius 1 is 1.44 bits per heavy atom. The summed E-state index contributed by atoms with van der Waals surface area (Å²) in [5.74, 6) is 0. The fraction of sp³-hybridized carbons (Fsp3) is 0.538. The van der Waals surface area contributed by atoms with Gasteiger partial charge in [0, 0.05) is 11.0 Å². The molecule has 0 aliphatic rings. The highest BCUT2D eigenvalue weighted by Gasteiger charge is 2.13. The van der Waals surface area contributed by atoms with E-state index in [1.165, 1.54) is 0 Å². The number of hydrogen-bond acceptors (Lipinski definition) is 3. The maximum absolute atomic E-state index is 9.78. The maximum Gasteiger partial charge on any atom is 0.0945 e. The van der Waals surface area contributed by atoms with Crippen LogP contribution in [-0.4, -0.2) is 30.0 Å². The summed E-state index contributed by atoms with van der Waals surface area (Å²) < 4.78 is 6.42. The van der Waals surface area contributed by atoms with E-state index in [4.69, 9.17) is 16.3 Å². The van der Waals surface area contributed by atoms with E-state index < -0.39 is 6.10 Å². The summed E-state index contributed by atoms with van der Waals surface area (Å²) in [4.78, 5) is 0. The van der Waals surface area contributed by atoms with E-state index in [-0.39, 0.29) is 5.60 Å². The van der Waals surface area contributed by atoms with Crippen molar-refractivity contribution in [3.8, 4) is 0 Å². The standard InChI is InChI=1S/C13H19BrClNO2/c1-13(2,3)18-8-10(17)7-16-12-5-4-9(14)6-11(12)15/h4-6,10,16-17H,7-8H2,1-3H3. The van der Waals surface area contributed by atoms with Crippen LogP contribution in [0.25, 0.3) is 0 Å². The van der Waals surface area contributed by atoms with Crippen molar-refractivity contribution in [3.05, 3.63) is 27.7 Å². The number of rotatable bonds is 5. The third kappa shape index (κ3) is 6.05. The number of hydrogen-bond donors (Lipinski definition) is 2. The molecule has 0 aliphatic carbocycles. The highest BCUT2D eigenvalue weighted by atomic mass is 79.9. The zero-order valence-corrected chi connectivity index (χ0v) is 13.2. The van der Waals surface area contributed by atoms with E-state index in [0.29, 0.717) is 18.2 Å². The Hall–Kier alpha value is -0.290. The van der Waals surface area contributed by atoms with Crippen LogP contribution in [0.15, 0.2) is 22.7 Å². The molecule has 102 valence electrons. The number of anilines is 1. The molecule has 1 atom stereocenters. The number of aliphatic hydroxyl groups excluding tert-OH is 1. The molecule has 3 nitrogen and oxygen atoms in total. The first kappa shape index (κ1) is 15.8. The molecule has 0 fully saturated rings. The van der Waals surface area contributed by atoms with Gasteiger partial charge in [0.25, 0.3) is 0 Å². The molecule has 0 aromatic heterocycles. The van der Waals surface area contributed by atoms with Crippen molar-refractivity contribution in [2.45, 2.75) is 32.5 Å². The van der Waals surface area contributed by atoms with E-state index >= 15 is 0 Å². The van der Waals surface area contributed by atoms with E-state index in [2.05, 4.69) is 21.2 Å². The van der Waals surface area contributed by atoms with Crippen LogP contribution in [0, 0.1) is 0 Å². The normalized spacial score (nSPS) is 13.4. The van der Waals surface area contributed by atoms with Gasteiger partial charge in [-0.2, -0.15) is 0 Å². The van der Waals surface area contributed by atoms with Gasteiger partial charge in [-0.05, 0) is 39.0 Å². The fourth-order valence-corrected chi connectivity index (χ4v) is 2.01. The van der Waals surface area contributed by atoms with E-state index in [9.17, 15) is 5.11 Å². The van der Waals surface area contributed by atoms with E-state index in [0.717, 1.165) is 10.2 Å². The molecule has 1 aromatic carbocycles. The van der Waals surface area contributed by atoms with Crippen LogP contribution in [0.4, 0.5) is 5.69 Å². The third-order valence-electron chi connectivity index (χ3n) is 2.17. The average Bonchev–Trinajstić information content (AvgIpc) is 2.24. The van der Waals surface area contributed by atoms with Crippen LogP contribution in [-0.2, 0) is 4.74 Å². The highest BCUT2D eigenvalue weighted by molar-refractivity contribution is 9.10. The van der Waals surface area contributed by atoms with Crippen molar-refractivity contribution < 1.29 is 9.84 Å². The van der Waals surface area contributed by atoms with E-state index in [1.807, 2.05) is 39.0 Å². The predicted octanol–water partition coefficient (Wildman–Crippen LogP) is 3.69. The second-order valence-electron chi connectivity index (χ2n) is 5.08. The van der Waals surface area contributed by atoms with Crippen LogP contribution < -0.4 is 5.32 Å². The molecule has 18 heavy (non-hydrogen) atoms. The summed E-state index contributed by atoms with van der Waals surface area (Å²) >= 11 is 9.40. The molecule has 0 saturated heterocycles. The largest absolute Gasteiger partial charge is 0.389 e. The average molecular weight is 337 g/mol. The third-order valence-corrected chi connectivity index (χ3v) is 2.97. The number of nitrogens with one attached hydrogen (secondary N) is 1. The first-order chi connectivity index (χ1) is 8.28. The minimum Gasteiger partial charge on any atom is -0.389 e. The second-order valence-corrected chi connectivity index (χ2v) is 6.41. The van der Waals surface area contributed by atoms with Gasteiger partial charge in [-0.25, -0.2) is 0 Å². The lowest BCUT2D eigenvalue weighted by molar-refractivity contribution is -0.0449. The Morgan fingerprint density at radius 2 is 2.11 bits per heavy atom. The Bertz CT molecular complexity index is 393. The molecule has 0 aliphatic heterocycles. The van der Waals surface area contributed by atoms with Crippen molar-refractivity contribution >= 4 is 33.2 Å². The van der Waals surface area contributed by atoms with Crippen molar-refractivity contribution in [3.63, 3.8) is 0 Å². The molecule has 0 heterocycles. The zero-order chi connectivity index (χ0) is 13.8. The van der Waals surface area contributed by atoms with Gasteiger partial charge in [0.2, 0.25) is 0 Å². The van der Waals surface area contributed by atoms with Crippen molar-refractivity contribution in [1.82, 2.24) is 0 Å². The van der Waals surface area contributed by atoms with Gasteiger partial charge >= 0.3 is 0 Å². The summed E-state index contributed by atoms with van der Waals surface area (Å²) in [6.45, 7) is 6.57. The number of benzene rings is 1. The first-order valence-electron chi connectivity index (χ1n) is 5.79. The first-order valence-corrected chi connectivity index (χ1v) is 6.96. The molecule has 1 aromatic rings. The fourth-order valence-electron chi connectivity index (χ4n) is 1.27. The zero-order valence-electron chi connectivity index (χ0n) is 10.8. The Morgan fingerprint density at radius 3 is 2.67 bits per heavy atom. The summed E-state index contributed by atoms with van der Waals surface area (Å²) in [5.41, 5.74) is 0.561. The summed E-state index contributed by atoms with van der Waals surface area (Å²) in [6.07, 6.45) is -0.566. The number of ether oxygens (including phenoxy) is 1. The lowest BCUT2D eigenvalue weighted by atomic mass is 10.2. The lowest BCUT2D eigenvalue weighted by Crippen LogP contribution is -2.30. The Labute approximate surface area is 122 Å². The molecule has 2 N–H and O–H groups in total. The molecule has 1 unspecified atom stereocenters. The summed E-state index contributed by atoms with van der Waals surface area (Å²) in [6, 6.07) is 5.57. The van der Waals surface area contributed by atoms with Crippen molar-refractivity contribution in [1.29, 1.82) is 0 Å². The molecule has 0 bridgehead atoms. The van der Waals surface area contributed by atoms with Gasteiger partial charge in [-0.1, -0.05) is 27.5 Å². The molecule has 0 amide bonds. The van der Waals surface area contributed by atoms with Crippen LogP contribution in [0.3, 0.4) is 0 Å². The van der Waals surface area contributed by atoms with Gasteiger partial charge in [0.15, 0.2) is 0 Å². The molecule has 0 radical (unpaired) electrons. The summed E-state index contributed by atoms with van der Waals surface area (Å²) in [5, 5.41) is 13.5. The molecule has 0 saturated carbocycles. The quantitative estimate of drug-likeness (QED) is 0.861. The Balaban J connectivity index is 2.40. The molecular weight excluding hydrogens is 318 g/mol. The van der Waals surface area contributed by atoms with Gasteiger partial charge in [0.05, 0.1) is 29.0 Å². The minimum atomic E-state index is -0.566. The Kier molecular flexibility index (Phi) is 5.92. The van der Waals surface area contributed by atoms with Crippen molar-refractivity contribution in [2.75, 3.05) is 18.5 Å². The highest BCUT2D eigenvalue weighted by Crippen LogP contribution is 2.25. The topological polar surface area (TPSA) is 41.5 Å². The van der Waals surface area contributed by atoms with Crippen molar-refractivity contribution in [2.24, 2.45) is 0 Å². The molecule has 0 spiro atoms. The molecule has 1 rings (SSSR count). The smallest absolute Gasteiger partial charge is 0.0945 e. The van der Waals surface area contributed by atoms with Crippen LogP contribution in [0.2, 0.25) is 5.02 Å². The van der Waals surface area contributed by atoms with Crippen LogP contribution >= 0.6 is 27.5 Å². The SMILES string of the molecule is CC(C)(C)OCC(O)CNc1ccc(Br)cc1Cl. The predicted molar refractivity (Wildman–Crippen MR) is 79.4 cm³/mol. The van der Waals surface area contributed by atoms with E-state index in [1.54, 1.807) is 0 Å². The number of halogens is 2. The summed E-state index contributed by atoms with van der Waals surface area (Å²) in [7, 11) is 0. The van der Waals surface area contributed by atoms with Gasteiger partial charge in [0.1, 0.15) is 0 Å². The second kappa shape index (κ2) is 6.75. The van der Waals surface area contributed by atoms with Crippen LogP contribution in [0.5, 0.6) is 0 Å². The lowest BCUT2D eigenvalue weighted by Gasteiger charge is -2.22. The van der Waals surface area contributed by atoms with Gasteiger partial charge in [-0.3, -0.25) is 0 Å². The monoisotopic (exact) mass is 335 g/mol. The minimum absolute atomic E-state index is 0.240. The maximum atomic E-state index is 9.78. The number of aliphatic hydroxyl groups is 1. The van der Waals surface area contributed by atoms with Gasteiger partial charge < -0.3 is 15.2 Å². The van der Waals surface area contributed by atoms with Gasteiger partial charge in [-0.15, -0.1) is 0 Å². The molecule has 5 heteroatoms. The molecular formula is C13H19BrClNO2.